The van der Waals surface area contributed by atoms with E-state index < -0.39 is 5.92 Å². The molecule has 1 aliphatic carbocycles. The van der Waals surface area contributed by atoms with Gasteiger partial charge < -0.3 is 5.11 Å². The van der Waals surface area contributed by atoms with E-state index in [1.54, 1.807) is 24.3 Å². The number of allylic oxidation sites excluding steroid dienone is 2. The van der Waals surface area contributed by atoms with Crippen LogP contribution in [0.2, 0.25) is 0 Å². The molecule has 1 N–H and O–H groups in total. The molecule has 1 aromatic rings. The SMILES string of the molecule is O=C1C=CC(=O)C1c1cccc(CO)c1. The maximum absolute atomic E-state index is 11.4. The molecule has 1 aromatic carbocycles. The Hall–Kier alpha value is -1.74. The molecule has 0 heterocycles. The van der Waals surface area contributed by atoms with E-state index in [1.165, 1.54) is 12.2 Å². The van der Waals surface area contributed by atoms with Gasteiger partial charge in [-0.25, -0.2) is 0 Å². The van der Waals surface area contributed by atoms with Gasteiger partial charge in [0.05, 0.1) is 6.61 Å². The zero-order valence-corrected chi connectivity index (χ0v) is 8.01. The normalized spacial score (nSPS) is 16.3. The summed E-state index contributed by atoms with van der Waals surface area (Å²) < 4.78 is 0. The molecule has 15 heavy (non-hydrogen) atoms. The van der Waals surface area contributed by atoms with Gasteiger partial charge in [0.2, 0.25) is 0 Å². The van der Waals surface area contributed by atoms with E-state index in [0.717, 1.165) is 0 Å². The lowest BCUT2D eigenvalue weighted by atomic mass is 9.94. The number of ketones is 2. The molecule has 3 heteroatoms. The first-order valence-electron chi connectivity index (χ1n) is 4.68. The van der Waals surface area contributed by atoms with Crippen LogP contribution in [0.4, 0.5) is 0 Å². The molecule has 76 valence electrons. The van der Waals surface area contributed by atoms with Crippen LogP contribution in [0, 0.1) is 0 Å². The molecule has 0 fully saturated rings. The number of aliphatic hydroxyl groups excluding tert-OH is 1. The third-order valence-electron chi connectivity index (χ3n) is 2.45. The Kier molecular flexibility index (Phi) is 2.47. The maximum atomic E-state index is 11.4. The Morgan fingerprint density at radius 2 is 1.80 bits per heavy atom. The Morgan fingerprint density at radius 1 is 1.13 bits per heavy atom. The van der Waals surface area contributed by atoms with Gasteiger partial charge in [-0.1, -0.05) is 24.3 Å². The number of carbonyl (C=O) groups excluding carboxylic acids is 2. The number of rotatable bonds is 2. The van der Waals surface area contributed by atoms with Gasteiger partial charge >= 0.3 is 0 Å². The summed E-state index contributed by atoms with van der Waals surface area (Å²) >= 11 is 0. The molecular weight excluding hydrogens is 192 g/mol. The van der Waals surface area contributed by atoms with Crippen LogP contribution >= 0.6 is 0 Å². The lowest BCUT2D eigenvalue weighted by Crippen LogP contribution is -2.13. The number of hydrogen-bond acceptors (Lipinski definition) is 3. The predicted molar refractivity (Wildman–Crippen MR) is 54.3 cm³/mol. The topological polar surface area (TPSA) is 54.4 Å². The first-order chi connectivity index (χ1) is 7.22. The summed E-state index contributed by atoms with van der Waals surface area (Å²) in [7, 11) is 0. The fourth-order valence-corrected chi connectivity index (χ4v) is 1.70. The minimum atomic E-state index is -0.698. The summed E-state index contributed by atoms with van der Waals surface area (Å²) in [6.45, 7) is -0.0869. The van der Waals surface area contributed by atoms with Crippen molar-refractivity contribution in [1.29, 1.82) is 0 Å². The van der Waals surface area contributed by atoms with Crippen molar-refractivity contribution in [2.24, 2.45) is 0 Å². The first-order valence-corrected chi connectivity index (χ1v) is 4.68. The molecule has 0 spiro atoms. The standard InChI is InChI=1S/C12H10O3/c13-7-8-2-1-3-9(6-8)12-10(14)4-5-11(12)15/h1-6,12-13H,7H2. The molecule has 0 bridgehead atoms. The van der Waals surface area contributed by atoms with Gasteiger partial charge in [0.25, 0.3) is 0 Å². The lowest BCUT2D eigenvalue weighted by molar-refractivity contribution is -0.122. The Bertz CT molecular complexity index is 428. The fraction of sp³-hybridized carbons (Fsp3) is 0.167. The smallest absolute Gasteiger partial charge is 0.171 e. The maximum Gasteiger partial charge on any atom is 0.171 e. The van der Waals surface area contributed by atoms with Crippen molar-refractivity contribution in [1.82, 2.24) is 0 Å². The van der Waals surface area contributed by atoms with E-state index in [1.807, 2.05) is 0 Å². The Balaban J connectivity index is 2.37. The number of carbonyl (C=O) groups is 2. The second kappa shape index (κ2) is 3.79. The summed E-state index contributed by atoms with van der Waals surface area (Å²) in [6.07, 6.45) is 2.61. The monoisotopic (exact) mass is 202 g/mol. The van der Waals surface area contributed by atoms with Crippen LogP contribution in [0.5, 0.6) is 0 Å². The zero-order chi connectivity index (χ0) is 10.8. The van der Waals surface area contributed by atoms with Gasteiger partial charge in [0.1, 0.15) is 5.92 Å². The molecular formula is C12H10O3. The second-order valence-corrected chi connectivity index (χ2v) is 3.47. The molecule has 1 aliphatic rings. The van der Waals surface area contributed by atoms with Crippen LogP contribution < -0.4 is 0 Å². The molecule has 0 saturated heterocycles. The highest BCUT2D eigenvalue weighted by molar-refractivity contribution is 6.22. The van der Waals surface area contributed by atoms with Crippen molar-refractivity contribution in [3.8, 4) is 0 Å². The van der Waals surface area contributed by atoms with Gasteiger partial charge in [-0.3, -0.25) is 9.59 Å². The van der Waals surface area contributed by atoms with Crippen LogP contribution in [-0.2, 0) is 16.2 Å². The highest BCUT2D eigenvalue weighted by Gasteiger charge is 2.29. The van der Waals surface area contributed by atoms with E-state index in [9.17, 15) is 9.59 Å². The average Bonchev–Trinajstić information content (AvgIpc) is 2.59. The predicted octanol–water partition coefficient (Wildman–Crippen LogP) is 0.970. The molecule has 0 atom stereocenters. The van der Waals surface area contributed by atoms with Crippen LogP contribution in [0.3, 0.4) is 0 Å². The molecule has 0 saturated carbocycles. The molecule has 0 aromatic heterocycles. The Morgan fingerprint density at radius 3 is 2.40 bits per heavy atom. The van der Waals surface area contributed by atoms with Crippen LogP contribution in [-0.4, -0.2) is 16.7 Å². The molecule has 0 aliphatic heterocycles. The van der Waals surface area contributed by atoms with Gasteiger partial charge in [-0.05, 0) is 23.3 Å². The molecule has 2 rings (SSSR count). The molecule has 0 unspecified atom stereocenters. The Labute approximate surface area is 87.0 Å². The van der Waals surface area contributed by atoms with Crippen molar-refractivity contribution < 1.29 is 14.7 Å². The minimum absolute atomic E-state index is 0.0869. The number of hydrogen-bond donors (Lipinski definition) is 1. The second-order valence-electron chi connectivity index (χ2n) is 3.47. The largest absolute Gasteiger partial charge is 0.392 e. The quantitative estimate of drug-likeness (QED) is 0.727. The van der Waals surface area contributed by atoms with Crippen molar-refractivity contribution in [3.63, 3.8) is 0 Å². The third kappa shape index (κ3) is 1.74. The first kappa shape index (κ1) is 9.80. The zero-order valence-electron chi connectivity index (χ0n) is 8.01. The number of aliphatic hydroxyl groups is 1. The van der Waals surface area contributed by atoms with E-state index >= 15 is 0 Å². The van der Waals surface area contributed by atoms with Crippen LogP contribution in [0.1, 0.15) is 17.0 Å². The number of benzene rings is 1. The van der Waals surface area contributed by atoms with Crippen LogP contribution in [0.25, 0.3) is 0 Å². The van der Waals surface area contributed by atoms with Gasteiger partial charge in [-0.2, -0.15) is 0 Å². The highest BCUT2D eigenvalue weighted by atomic mass is 16.3. The van der Waals surface area contributed by atoms with Gasteiger partial charge in [0.15, 0.2) is 11.6 Å². The van der Waals surface area contributed by atoms with Gasteiger partial charge in [0, 0.05) is 0 Å². The fourth-order valence-electron chi connectivity index (χ4n) is 1.70. The van der Waals surface area contributed by atoms with E-state index in [-0.39, 0.29) is 18.2 Å². The van der Waals surface area contributed by atoms with Gasteiger partial charge in [-0.15, -0.1) is 0 Å². The van der Waals surface area contributed by atoms with Crippen LogP contribution in [0.15, 0.2) is 36.4 Å². The van der Waals surface area contributed by atoms with Crippen molar-refractivity contribution >= 4 is 11.6 Å². The average molecular weight is 202 g/mol. The van der Waals surface area contributed by atoms with Crippen molar-refractivity contribution in [2.45, 2.75) is 12.5 Å². The van der Waals surface area contributed by atoms with Crippen molar-refractivity contribution in [2.75, 3.05) is 0 Å². The lowest BCUT2D eigenvalue weighted by Gasteiger charge is -2.08. The summed E-state index contributed by atoms with van der Waals surface area (Å²) in [5.74, 6) is -1.07. The van der Waals surface area contributed by atoms with Crippen molar-refractivity contribution in [3.05, 3.63) is 47.5 Å². The molecule has 3 nitrogen and oxygen atoms in total. The summed E-state index contributed by atoms with van der Waals surface area (Å²) in [4.78, 5) is 22.8. The van der Waals surface area contributed by atoms with E-state index in [2.05, 4.69) is 0 Å². The molecule has 0 radical (unpaired) electrons. The third-order valence-corrected chi connectivity index (χ3v) is 2.45. The van der Waals surface area contributed by atoms with E-state index in [4.69, 9.17) is 5.11 Å². The molecule has 0 amide bonds. The summed E-state index contributed by atoms with van der Waals surface area (Å²) in [5.41, 5.74) is 1.36. The highest BCUT2D eigenvalue weighted by Crippen LogP contribution is 2.24. The van der Waals surface area contributed by atoms with E-state index in [0.29, 0.717) is 11.1 Å². The summed E-state index contributed by atoms with van der Waals surface area (Å²) in [5, 5.41) is 8.95. The summed E-state index contributed by atoms with van der Waals surface area (Å²) in [6, 6.07) is 6.90. The minimum Gasteiger partial charge on any atom is -0.392 e.